The van der Waals surface area contributed by atoms with E-state index in [2.05, 4.69) is 26.1 Å². The summed E-state index contributed by atoms with van der Waals surface area (Å²) >= 11 is 0. The van der Waals surface area contributed by atoms with Crippen LogP contribution >= 0.6 is 0 Å². The first-order valence-corrected chi connectivity index (χ1v) is 9.71. The Hall–Kier alpha value is -0.130. The zero-order chi connectivity index (χ0) is 15.3. The molecule has 1 fully saturated rings. The van der Waals surface area contributed by atoms with Crippen LogP contribution in [0.25, 0.3) is 0 Å². The number of nitrogens with one attached hydrogen (secondary N) is 1. The Labute approximate surface area is 124 Å². The third kappa shape index (κ3) is 4.71. The van der Waals surface area contributed by atoms with Crippen molar-refractivity contribution in [3.05, 3.63) is 0 Å². The van der Waals surface area contributed by atoms with E-state index < -0.39 is 9.84 Å². The normalized spacial score (nSPS) is 27.5. The average molecular weight is 305 g/mol. The van der Waals surface area contributed by atoms with Crippen molar-refractivity contribution in [3.8, 4) is 0 Å². The molecule has 0 aromatic rings. The molecule has 4 unspecified atom stereocenters. The summed E-state index contributed by atoms with van der Waals surface area (Å²) in [5.74, 6) is 0.804. The fourth-order valence-electron chi connectivity index (χ4n) is 3.52. The van der Waals surface area contributed by atoms with Crippen LogP contribution in [0.4, 0.5) is 0 Å². The van der Waals surface area contributed by atoms with Crippen molar-refractivity contribution in [2.75, 3.05) is 19.9 Å². The number of likely N-dealkylation sites (N-methyl/N-ethyl adjacent to an activating group) is 1. The molecule has 1 aliphatic carbocycles. The molecule has 1 saturated carbocycles. The second-order valence-corrected chi connectivity index (χ2v) is 8.73. The van der Waals surface area contributed by atoms with Gasteiger partial charge in [0.1, 0.15) is 9.84 Å². The minimum absolute atomic E-state index is 0.137. The molecule has 0 radical (unpaired) electrons. The van der Waals surface area contributed by atoms with Crippen molar-refractivity contribution in [3.63, 3.8) is 0 Å². The zero-order valence-electron chi connectivity index (χ0n) is 13.6. The zero-order valence-corrected chi connectivity index (χ0v) is 14.4. The number of hydrogen-bond acceptors (Lipinski definition) is 4. The van der Waals surface area contributed by atoms with E-state index in [9.17, 15) is 8.42 Å². The van der Waals surface area contributed by atoms with Crippen molar-refractivity contribution in [1.82, 2.24) is 5.32 Å². The van der Waals surface area contributed by atoms with Gasteiger partial charge < -0.3 is 10.1 Å². The molecular weight excluding hydrogens is 274 g/mol. The van der Waals surface area contributed by atoms with Gasteiger partial charge in [-0.05, 0) is 37.6 Å². The van der Waals surface area contributed by atoms with Crippen LogP contribution in [0.15, 0.2) is 0 Å². The van der Waals surface area contributed by atoms with Crippen molar-refractivity contribution in [2.24, 2.45) is 11.8 Å². The van der Waals surface area contributed by atoms with Gasteiger partial charge in [0.25, 0.3) is 0 Å². The lowest BCUT2D eigenvalue weighted by Gasteiger charge is -2.39. The van der Waals surface area contributed by atoms with Crippen LogP contribution in [0.3, 0.4) is 0 Å². The van der Waals surface area contributed by atoms with Gasteiger partial charge in [-0.15, -0.1) is 0 Å². The molecule has 1 aliphatic rings. The molecule has 120 valence electrons. The van der Waals surface area contributed by atoms with Crippen LogP contribution < -0.4 is 5.32 Å². The molecule has 5 heteroatoms. The van der Waals surface area contributed by atoms with E-state index in [-0.39, 0.29) is 17.4 Å². The van der Waals surface area contributed by atoms with Gasteiger partial charge in [-0.1, -0.05) is 27.2 Å². The molecule has 0 aromatic heterocycles. The van der Waals surface area contributed by atoms with E-state index in [0.717, 1.165) is 32.2 Å². The molecule has 0 aliphatic heterocycles. The van der Waals surface area contributed by atoms with Gasteiger partial charge in [0.2, 0.25) is 0 Å². The number of ether oxygens (including phenoxy) is 1. The predicted molar refractivity (Wildman–Crippen MR) is 83.7 cm³/mol. The first-order chi connectivity index (χ1) is 9.31. The summed E-state index contributed by atoms with van der Waals surface area (Å²) in [7, 11) is -1.17. The van der Waals surface area contributed by atoms with Gasteiger partial charge in [0, 0.05) is 19.4 Å². The summed E-state index contributed by atoms with van der Waals surface area (Å²) in [4.78, 5) is 0. The van der Waals surface area contributed by atoms with E-state index in [1.807, 2.05) is 0 Å². The lowest BCUT2D eigenvalue weighted by atomic mass is 9.79. The second kappa shape index (κ2) is 7.76. The summed E-state index contributed by atoms with van der Waals surface area (Å²) in [6.07, 6.45) is 5.18. The first kappa shape index (κ1) is 17.9. The quantitative estimate of drug-likeness (QED) is 0.784. The SMILES string of the molecule is CCNC(C1CCCC(S(C)(=O)=O)C1)C(OC)C(C)C. The maximum Gasteiger partial charge on any atom is 0.150 e. The monoisotopic (exact) mass is 305 g/mol. The molecule has 0 aromatic carbocycles. The van der Waals surface area contributed by atoms with Gasteiger partial charge in [-0.25, -0.2) is 8.42 Å². The molecule has 4 atom stereocenters. The van der Waals surface area contributed by atoms with E-state index in [0.29, 0.717) is 11.8 Å². The summed E-state index contributed by atoms with van der Waals surface area (Å²) in [6.45, 7) is 7.30. The molecule has 0 saturated heterocycles. The molecular formula is C15H31NO3S. The highest BCUT2D eigenvalue weighted by molar-refractivity contribution is 7.91. The Morgan fingerprint density at radius 3 is 2.40 bits per heavy atom. The highest BCUT2D eigenvalue weighted by Crippen LogP contribution is 2.33. The number of methoxy groups -OCH3 is 1. The fraction of sp³-hybridized carbons (Fsp3) is 1.00. The number of hydrogen-bond donors (Lipinski definition) is 1. The van der Waals surface area contributed by atoms with Crippen LogP contribution in [0, 0.1) is 11.8 Å². The predicted octanol–water partition coefficient (Wildman–Crippen LogP) is 2.24. The van der Waals surface area contributed by atoms with Crippen molar-refractivity contribution < 1.29 is 13.2 Å². The summed E-state index contributed by atoms with van der Waals surface area (Å²) in [6, 6.07) is 0.245. The Balaban J connectivity index is 2.85. The Kier molecular flexibility index (Phi) is 6.95. The van der Waals surface area contributed by atoms with E-state index in [1.54, 1.807) is 7.11 Å². The molecule has 0 bridgehead atoms. The van der Waals surface area contributed by atoms with Crippen LogP contribution in [0.5, 0.6) is 0 Å². The maximum absolute atomic E-state index is 11.8. The van der Waals surface area contributed by atoms with Crippen molar-refractivity contribution in [2.45, 2.75) is 63.9 Å². The highest BCUT2D eigenvalue weighted by atomic mass is 32.2. The average Bonchev–Trinajstić information content (AvgIpc) is 2.37. The van der Waals surface area contributed by atoms with E-state index >= 15 is 0 Å². The van der Waals surface area contributed by atoms with Crippen LogP contribution in [-0.2, 0) is 14.6 Å². The molecule has 0 heterocycles. The largest absolute Gasteiger partial charge is 0.380 e. The van der Waals surface area contributed by atoms with Gasteiger partial charge in [-0.3, -0.25) is 0 Å². The molecule has 1 N–H and O–H groups in total. The van der Waals surface area contributed by atoms with Crippen LogP contribution in [-0.4, -0.2) is 45.7 Å². The summed E-state index contributed by atoms with van der Waals surface area (Å²) in [5, 5.41) is 3.36. The lowest BCUT2D eigenvalue weighted by molar-refractivity contribution is 0.00923. The smallest absolute Gasteiger partial charge is 0.150 e. The van der Waals surface area contributed by atoms with Gasteiger partial charge in [-0.2, -0.15) is 0 Å². The van der Waals surface area contributed by atoms with E-state index in [1.165, 1.54) is 6.26 Å². The summed E-state index contributed by atoms with van der Waals surface area (Å²) < 4.78 is 29.4. The van der Waals surface area contributed by atoms with E-state index in [4.69, 9.17) is 4.74 Å². The molecule has 0 amide bonds. The lowest BCUT2D eigenvalue weighted by Crippen LogP contribution is -2.50. The Morgan fingerprint density at radius 1 is 1.30 bits per heavy atom. The first-order valence-electron chi connectivity index (χ1n) is 7.76. The fourth-order valence-corrected chi connectivity index (χ4v) is 4.71. The van der Waals surface area contributed by atoms with Crippen molar-refractivity contribution in [1.29, 1.82) is 0 Å². The minimum Gasteiger partial charge on any atom is -0.380 e. The topological polar surface area (TPSA) is 55.4 Å². The number of sulfone groups is 1. The number of rotatable bonds is 7. The van der Waals surface area contributed by atoms with Crippen LogP contribution in [0.1, 0.15) is 46.5 Å². The molecule has 4 nitrogen and oxygen atoms in total. The Bertz CT molecular complexity index is 381. The van der Waals surface area contributed by atoms with Gasteiger partial charge in [0.15, 0.2) is 0 Å². The minimum atomic E-state index is -2.93. The third-order valence-corrected chi connectivity index (χ3v) is 6.14. The maximum atomic E-state index is 11.8. The van der Waals surface area contributed by atoms with Gasteiger partial charge in [0.05, 0.1) is 11.4 Å². The second-order valence-electron chi connectivity index (χ2n) is 6.41. The molecule has 1 rings (SSSR count). The molecule has 20 heavy (non-hydrogen) atoms. The Morgan fingerprint density at radius 2 is 1.95 bits per heavy atom. The van der Waals surface area contributed by atoms with Crippen LogP contribution in [0.2, 0.25) is 0 Å². The summed E-state index contributed by atoms with van der Waals surface area (Å²) in [5.41, 5.74) is 0. The highest BCUT2D eigenvalue weighted by Gasteiger charge is 2.37. The van der Waals surface area contributed by atoms with Crippen molar-refractivity contribution >= 4 is 9.84 Å². The standard InChI is InChI=1S/C15H31NO3S/c1-6-16-14(15(19-4)11(2)3)12-8-7-9-13(10-12)20(5,17)18/h11-16H,6-10H2,1-5H3. The van der Waals surface area contributed by atoms with Gasteiger partial charge >= 0.3 is 0 Å². The third-order valence-electron chi connectivity index (χ3n) is 4.50. The molecule has 0 spiro atoms.